The summed E-state index contributed by atoms with van der Waals surface area (Å²) in [6, 6.07) is 9.00. The molecular formula is C20H26N4OS. The van der Waals surface area contributed by atoms with Crippen LogP contribution in [0, 0.1) is 0 Å². The summed E-state index contributed by atoms with van der Waals surface area (Å²) in [5.74, 6) is 1.17. The Labute approximate surface area is 159 Å². The van der Waals surface area contributed by atoms with Crippen molar-refractivity contribution in [3.05, 3.63) is 46.8 Å². The highest BCUT2D eigenvalue weighted by Gasteiger charge is 2.29. The van der Waals surface area contributed by atoms with Crippen molar-refractivity contribution in [1.82, 2.24) is 15.2 Å². The lowest BCUT2D eigenvalue weighted by atomic mass is 9.89. The molecule has 0 spiro atoms. The van der Waals surface area contributed by atoms with Gasteiger partial charge in [-0.3, -0.25) is 9.69 Å². The second kappa shape index (κ2) is 8.18. The Hall–Kier alpha value is -1.92. The lowest BCUT2D eigenvalue weighted by Crippen LogP contribution is -2.52. The van der Waals surface area contributed by atoms with Gasteiger partial charge in [0.15, 0.2) is 0 Å². The smallest absolute Gasteiger partial charge is 0.252 e. The first-order valence-electron chi connectivity index (χ1n) is 9.53. The molecular weight excluding hydrogens is 344 g/mol. The molecule has 4 rings (SSSR count). The van der Waals surface area contributed by atoms with Gasteiger partial charge in [0.1, 0.15) is 5.82 Å². The number of amides is 1. The third-order valence-corrected chi connectivity index (χ3v) is 6.30. The van der Waals surface area contributed by atoms with Crippen molar-refractivity contribution in [2.45, 2.75) is 37.8 Å². The highest BCUT2D eigenvalue weighted by atomic mass is 32.1. The molecule has 0 atom stereocenters. The van der Waals surface area contributed by atoms with Gasteiger partial charge in [0.2, 0.25) is 0 Å². The van der Waals surface area contributed by atoms with Crippen LogP contribution in [0.15, 0.2) is 41.2 Å². The van der Waals surface area contributed by atoms with Crippen LogP contribution >= 0.6 is 11.3 Å². The van der Waals surface area contributed by atoms with Crippen LogP contribution in [0.2, 0.25) is 0 Å². The number of hydrogen-bond acceptors (Lipinski definition) is 5. The molecule has 2 fully saturated rings. The Morgan fingerprint density at radius 1 is 1.08 bits per heavy atom. The van der Waals surface area contributed by atoms with Crippen molar-refractivity contribution in [3.63, 3.8) is 0 Å². The Kier molecular flexibility index (Phi) is 5.51. The van der Waals surface area contributed by atoms with E-state index in [1.165, 1.54) is 12.8 Å². The van der Waals surface area contributed by atoms with Crippen molar-refractivity contribution in [3.8, 4) is 0 Å². The van der Waals surface area contributed by atoms with E-state index >= 15 is 0 Å². The number of carbonyl (C=O) groups is 1. The topological polar surface area (TPSA) is 48.5 Å². The van der Waals surface area contributed by atoms with E-state index in [0.717, 1.165) is 50.4 Å². The fourth-order valence-corrected chi connectivity index (χ4v) is 4.74. The molecule has 138 valence electrons. The molecule has 2 aromatic heterocycles. The third kappa shape index (κ3) is 4.07. The van der Waals surface area contributed by atoms with Crippen molar-refractivity contribution in [2.24, 2.45) is 0 Å². The number of pyridine rings is 1. The van der Waals surface area contributed by atoms with Crippen molar-refractivity contribution < 1.29 is 4.79 Å². The molecule has 1 aliphatic heterocycles. The molecule has 1 amide bonds. The zero-order chi connectivity index (χ0) is 17.8. The van der Waals surface area contributed by atoms with Crippen molar-refractivity contribution in [1.29, 1.82) is 0 Å². The quantitative estimate of drug-likeness (QED) is 0.899. The first kappa shape index (κ1) is 17.5. The standard InChI is InChI=1S/C20H26N4OS/c25-20(16-8-14-26-15-16)22-17-4-6-18(7-5-17)23-10-12-24(13-11-23)19-3-1-2-9-21-19/h1-3,8-9,14-15,17-18H,4-7,10-13H2,(H,22,25). The number of nitrogens with one attached hydrogen (secondary N) is 1. The minimum Gasteiger partial charge on any atom is -0.354 e. The molecule has 0 unspecified atom stereocenters. The number of carbonyl (C=O) groups excluding carboxylic acids is 1. The summed E-state index contributed by atoms with van der Waals surface area (Å²) in [5.41, 5.74) is 0.794. The number of anilines is 1. The van der Waals surface area contributed by atoms with Gasteiger partial charge in [0, 0.05) is 55.4 Å². The van der Waals surface area contributed by atoms with E-state index < -0.39 is 0 Å². The van der Waals surface area contributed by atoms with Gasteiger partial charge in [0.05, 0.1) is 0 Å². The number of rotatable bonds is 4. The van der Waals surface area contributed by atoms with Crippen LogP contribution in [-0.2, 0) is 0 Å². The van der Waals surface area contributed by atoms with Gasteiger partial charge in [-0.2, -0.15) is 11.3 Å². The van der Waals surface area contributed by atoms with Crippen LogP contribution < -0.4 is 10.2 Å². The van der Waals surface area contributed by atoms with E-state index in [4.69, 9.17) is 0 Å². The monoisotopic (exact) mass is 370 g/mol. The van der Waals surface area contributed by atoms with Crippen LogP contribution in [0.5, 0.6) is 0 Å². The molecule has 1 saturated carbocycles. The summed E-state index contributed by atoms with van der Waals surface area (Å²) in [6.45, 7) is 4.30. The molecule has 1 aliphatic carbocycles. The van der Waals surface area contributed by atoms with Crippen LogP contribution in [-0.4, -0.2) is 54.1 Å². The number of thiophene rings is 1. The Balaban J connectivity index is 1.22. The maximum atomic E-state index is 12.2. The van der Waals surface area contributed by atoms with E-state index in [9.17, 15) is 4.79 Å². The summed E-state index contributed by atoms with van der Waals surface area (Å²) in [4.78, 5) is 21.7. The molecule has 26 heavy (non-hydrogen) atoms. The lowest BCUT2D eigenvalue weighted by molar-refractivity contribution is 0.0899. The van der Waals surface area contributed by atoms with E-state index in [-0.39, 0.29) is 5.91 Å². The van der Waals surface area contributed by atoms with E-state index in [2.05, 4.69) is 32.2 Å². The Bertz CT molecular complexity index is 690. The SMILES string of the molecule is O=C(NC1CCC(N2CCN(c3ccccn3)CC2)CC1)c1ccsc1. The molecule has 0 bridgehead atoms. The molecule has 0 aromatic carbocycles. The van der Waals surface area contributed by atoms with Crippen LogP contribution in [0.1, 0.15) is 36.0 Å². The predicted octanol–water partition coefficient (Wildman–Crippen LogP) is 3.01. The highest BCUT2D eigenvalue weighted by molar-refractivity contribution is 7.08. The lowest BCUT2D eigenvalue weighted by Gasteiger charge is -2.42. The Morgan fingerprint density at radius 3 is 2.54 bits per heavy atom. The molecule has 2 aromatic rings. The summed E-state index contributed by atoms with van der Waals surface area (Å²) >= 11 is 1.57. The first-order chi connectivity index (χ1) is 12.8. The van der Waals surface area contributed by atoms with Gasteiger partial charge in [-0.1, -0.05) is 6.07 Å². The van der Waals surface area contributed by atoms with Gasteiger partial charge in [-0.15, -0.1) is 0 Å². The van der Waals surface area contributed by atoms with E-state index in [1.807, 2.05) is 29.1 Å². The minimum absolute atomic E-state index is 0.0821. The number of piperazine rings is 1. The highest BCUT2D eigenvalue weighted by Crippen LogP contribution is 2.25. The second-order valence-electron chi connectivity index (χ2n) is 7.20. The second-order valence-corrected chi connectivity index (χ2v) is 7.98. The van der Waals surface area contributed by atoms with Crippen LogP contribution in [0.3, 0.4) is 0 Å². The third-order valence-electron chi connectivity index (χ3n) is 5.62. The van der Waals surface area contributed by atoms with Gasteiger partial charge in [-0.05, 0) is 49.3 Å². The van der Waals surface area contributed by atoms with Gasteiger partial charge >= 0.3 is 0 Å². The summed E-state index contributed by atoms with van der Waals surface area (Å²) < 4.78 is 0. The number of nitrogens with zero attached hydrogens (tertiary/aromatic N) is 3. The largest absolute Gasteiger partial charge is 0.354 e. The molecule has 0 radical (unpaired) electrons. The average Bonchev–Trinajstić information content (AvgIpc) is 3.25. The average molecular weight is 371 g/mol. The van der Waals surface area contributed by atoms with Gasteiger partial charge in [0.25, 0.3) is 5.91 Å². The summed E-state index contributed by atoms with van der Waals surface area (Å²) in [5, 5.41) is 7.08. The zero-order valence-electron chi connectivity index (χ0n) is 15.0. The van der Waals surface area contributed by atoms with Crippen LogP contribution in [0.25, 0.3) is 0 Å². The molecule has 6 heteroatoms. The predicted molar refractivity (Wildman–Crippen MR) is 106 cm³/mol. The molecule has 3 heterocycles. The first-order valence-corrected chi connectivity index (χ1v) is 10.5. The van der Waals surface area contributed by atoms with E-state index in [1.54, 1.807) is 11.3 Å². The molecule has 1 N–H and O–H groups in total. The molecule has 5 nitrogen and oxygen atoms in total. The van der Waals surface area contributed by atoms with E-state index in [0.29, 0.717) is 12.1 Å². The summed E-state index contributed by atoms with van der Waals surface area (Å²) in [6.07, 6.45) is 6.39. The number of hydrogen-bond donors (Lipinski definition) is 1. The normalized spacial score (nSPS) is 24.4. The Morgan fingerprint density at radius 2 is 1.88 bits per heavy atom. The van der Waals surface area contributed by atoms with Gasteiger partial charge < -0.3 is 10.2 Å². The maximum Gasteiger partial charge on any atom is 0.252 e. The zero-order valence-corrected chi connectivity index (χ0v) is 15.8. The van der Waals surface area contributed by atoms with Crippen LogP contribution in [0.4, 0.5) is 5.82 Å². The fraction of sp³-hybridized carbons (Fsp3) is 0.500. The molecule has 1 saturated heterocycles. The number of aromatic nitrogens is 1. The summed E-state index contributed by atoms with van der Waals surface area (Å²) in [7, 11) is 0. The van der Waals surface area contributed by atoms with Gasteiger partial charge in [-0.25, -0.2) is 4.98 Å². The minimum atomic E-state index is 0.0821. The van der Waals surface area contributed by atoms with Crippen molar-refractivity contribution in [2.75, 3.05) is 31.1 Å². The molecule has 2 aliphatic rings. The van der Waals surface area contributed by atoms with Crippen molar-refractivity contribution >= 4 is 23.1 Å². The maximum absolute atomic E-state index is 12.2. The fourth-order valence-electron chi connectivity index (χ4n) is 4.10.